The second-order valence-corrected chi connectivity index (χ2v) is 15.5. The topological polar surface area (TPSA) is 431 Å². The lowest BCUT2D eigenvalue weighted by Gasteiger charge is -2.33. The highest BCUT2D eigenvalue weighted by Gasteiger charge is 2.47. The minimum absolute atomic E-state index is 0.111. The minimum Gasteiger partial charge on any atom is -0.504 e. The van der Waals surface area contributed by atoms with Crippen LogP contribution in [0, 0.1) is 0 Å². The molecule has 0 bridgehead atoms. The van der Waals surface area contributed by atoms with Crippen LogP contribution in [0.5, 0.6) is 11.5 Å². The van der Waals surface area contributed by atoms with E-state index in [9.17, 15) is 77.7 Å². The molecule has 11 unspecified atom stereocenters. The Labute approximate surface area is 340 Å². The number of hydrogen-bond donors (Lipinski definition) is 14. The van der Waals surface area contributed by atoms with E-state index in [4.69, 9.17) is 16.0 Å². The molecule has 16 N–H and O–H groups in total. The van der Waals surface area contributed by atoms with Gasteiger partial charge in [0.1, 0.15) is 36.4 Å². The lowest BCUT2D eigenvalue weighted by atomic mass is 9.98. The summed E-state index contributed by atoms with van der Waals surface area (Å²) in [6, 6.07) is -8.25. The number of aliphatic hydroxyl groups excluding tert-OH is 6. The standard InChI is InChI=1S/C33H48N8O18S/c34-15-2-4-24(49)37-31(53)27-19(45)5-6-40(27)33(55)26(21(47)10-23(35)48)39-30(52)25(20(46)7-13-1-3-18(44)22(8-13)59-60(56,57)58)38-29(51)17-9-14(43)11-41(17)32(54)16(12-42)36-28(15)50/h1,3,8,14-17,19-21,24-27,42-47,49H,2,4-7,9-12,34H2,(H2,35,48)(H,36,50)(H,37,53)(H,38,51)(H,39,52)(H,56,57,58). The van der Waals surface area contributed by atoms with Gasteiger partial charge in [-0.05, 0) is 37.0 Å². The van der Waals surface area contributed by atoms with E-state index in [0.717, 1.165) is 28.0 Å². The van der Waals surface area contributed by atoms with E-state index in [1.807, 2.05) is 0 Å². The van der Waals surface area contributed by atoms with Crippen LogP contribution in [-0.2, 0) is 50.4 Å². The molecule has 0 radical (unpaired) electrons. The van der Waals surface area contributed by atoms with Gasteiger partial charge in [-0.25, -0.2) is 0 Å². The molecule has 0 aromatic heterocycles. The third-order valence-electron chi connectivity index (χ3n) is 9.96. The maximum Gasteiger partial charge on any atom is 0.446 e. The van der Waals surface area contributed by atoms with Crippen molar-refractivity contribution in [3.05, 3.63) is 23.8 Å². The van der Waals surface area contributed by atoms with Crippen LogP contribution in [0.2, 0.25) is 0 Å². The molecule has 3 fully saturated rings. The summed E-state index contributed by atoms with van der Waals surface area (Å²) < 4.78 is 36.1. The summed E-state index contributed by atoms with van der Waals surface area (Å²) in [7, 11) is -5.18. The summed E-state index contributed by atoms with van der Waals surface area (Å²) in [6.45, 7) is -1.96. The molecule has 4 rings (SSSR count). The van der Waals surface area contributed by atoms with Crippen LogP contribution in [0.4, 0.5) is 0 Å². The molecule has 3 aliphatic rings. The number of primary amides is 1. The first kappa shape index (κ1) is 47.4. The van der Waals surface area contributed by atoms with Crippen LogP contribution in [0.3, 0.4) is 0 Å². The number of hydrogen-bond acceptors (Lipinski definition) is 18. The van der Waals surface area contributed by atoms with Crippen molar-refractivity contribution in [2.24, 2.45) is 11.5 Å². The molecule has 0 spiro atoms. The van der Waals surface area contributed by atoms with E-state index in [0.29, 0.717) is 0 Å². The predicted molar refractivity (Wildman–Crippen MR) is 196 cm³/mol. The first-order chi connectivity index (χ1) is 28.0. The second kappa shape index (κ2) is 19.9. The SMILES string of the molecule is NC(=O)CC(O)C1NC(=O)C(C(O)Cc2ccc(O)c(OS(=O)(=O)O)c2)NC(=O)C2CC(O)CN2C(=O)C(CO)NC(=O)C(N)CCC(O)NC(=O)C2C(O)CCN2C1=O. The van der Waals surface area contributed by atoms with Crippen molar-refractivity contribution in [2.45, 2.75) is 105 Å². The Morgan fingerprint density at radius 1 is 0.867 bits per heavy atom. The molecule has 60 heavy (non-hydrogen) atoms. The van der Waals surface area contributed by atoms with Gasteiger partial charge in [0, 0.05) is 25.9 Å². The van der Waals surface area contributed by atoms with E-state index in [-0.39, 0.29) is 24.9 Å². The number of phenolic OH excluding ortho intramolecular Hbond substituents is 1. The van der Waals surface area contributed by atoms with Crippen LogP contribution < -0.4 is 36.9 Å². The zero-order chi connectivity index (χ0) is 44.8. The number of phenols is 1. The Kier molecular flexibility index (Phi) is 15.7. The molecule has 27 heteroatoms. The van der Waals surface area contributed by atoms with E-state index in [1.54, 1.807) is 0 Å². The molecule has 11 atom stereocenters. The average molecular weight is 877 g/mol. The number of amides is 7. The van der Waals surface area contributed by atoms with Crippen LogP contribution in [0.25, 0.3) is 0 Å². The lowest BCUT2D eigenvalue weighted by molar-refractivity contribution is -0.148. The van der Waals surface area contributed by atoms with Gasteiger partial charge < -0.3 is 82.5 Å². The average Bonchev–Trinajstić information content (AvgIpc) is 3.75. The Hall–Kier alpha value is -5.26. The molecule has 0 saturated carbocycles. The molecular weight excluding hydrogens is 828 g/mol. The molecule has 334 valence electrons. The smallest absolute Gasteiger partial charge is 0.446 e. The predicted octanol–water partition coefficient (Wildman–Crippen LogP) is -8.36. The van der Waals surface area contributed by atoms with Gasteiger partial charge in [0.25, 0.3) is 0 Å². The maximum atomic E-state index is 14.2. The van der Waals surface area contributed by atoms with Crippen molar-refractivity contribution >= 4 is 51.7 Å². The number of carbonyl (C=O) groups excluding carboxylic acids is 7. The van der Waals surface area contributed by atoms with E-state index < -0.39 is 169 Å². The highest BCUT2D eigenvalue weighted by atomic mass is 32.3. The summed E-state index contributed by atoms with van der Waals surface area (Å²) in [5.74, 6) is -10.1. The van der Waals surface area contributed by atoms with Crippen LogP contribution >= 0.6 is 0 Å². The minimum atomic E-state index is -5.18. The zero-order valence-electron chi connectivity index (χ0n) is 31.6. The van der Waals surface area contributed by atoms with Crippen molar-refractivity contribution in [3.63, 3.8) is 0 Å². The third kappa shape index (κ3) is 11.9. The fourth-order valence-electron chi connectivity index (χ4n) is 6.98. The normalized spacial score (nSPS) is 30.2. The molecule has 1 aromatic rings. The molecule has 3 saturated heterocycles. The van der Waals surface area contributed by atoms with E-state index in [2.05, 4.69) is 25.5 Å². The van der Waals surface area contributed by atoms with Crippen LogP contribution in [0.15, 0.2) is 18.2 Å². The molecule has 3 aliphatic heterocycles. The molecule has 0 aliphatic carbocycles. The number of nitrogens with zero attached hydrogens (tertiary/aromatic N) is 2. The van der Waals surface area contributed by atoms with Crippen molar-refractivity contribution in [1.29, 1.82) is 0 Å². The van der Waals surface area contributed by atoms with Gasteiger partial charge in [-0.2, -0.15) is 8.42 Å². The van der Waals surface area contributed by atoms with Crippen molar-refractivity contribution in [2.75, 3.05) is 19.7 Å². The largest absolute Gasteiger partial charge is 0.504 e. The summed E-state index contributed by atoms with van der Waals surface area (Å²) in [5, 5.41) is 83.1. The first-order valence-electron chi connectivity index (χ1n) is 18.4. The summed E-state index contributed by atoms with van der Waals surface area (Å²) >= 11 is 0. The number of aromatic hydroxyl groups is 1. The van der Waals surface area contributed by atoms with E-state index >= 15 is 0 Å². The maximum absolute atomic E-state index is 14.2. The summed E-state index contributed by atoms with van der Waals surface area (Å²) in [4.78, 5) is 95.5. The van der Waals surface area contributed by atoms with Gasteiger partial charge in [0.2, 0.25) is 41.4 Å². The molecule has 7 amide bonds. The zero-order valence-corrected chi connectivity index (χ0v) is 32.4. The molecular formula is C33H48N8O18S. The molecule has 1 aromatic carbocycles. The van der Waals surface area contributed by atoms with Gasteiger partial charge in [-0.3, -0.25) is 38.1 Å². The fraction of sp³-hybridized carbons (Fsp3) is 0.606. The number of aliphatic hydroxyl groups is 6. The highest BCUT2D eigenvalue weighted by molar-refractivity contribution is 7.81. The number of nitrogens with one attached hydrogen (secondary N) is 4. The lowest BCUT2D eigenvalue weighted by Crippen LogP contribution is -2.64. The van der Waals surface area contributed by atoms with Crippen molar-refractivity contribution in [3.8, 4) is 11.5 Å². The fourth-order valence-corrected chi connectivity index (χ4v) is 7.34. The van der Waals surface area contributed by atoms with E-state index in [1.165, 1.54) is 0 Å². The summed E-state index contributed by atoms with van der Waals surface area (Å²) in [5.41, 5.74) is 11.1. The second-order valence-electron chi connectivity index (χ2n) is 14.5. The molecule has 3 heterocycles. The van der Waals surface area contributed by atoms with Gasteiger partial charge in [0.05, 0.1) is 43.5 Å². The Morgan fingerprint density at radius 3 is 2.17 bits per heavy atom. The van der Waals surface area contributed by atoms with Gasteiger partial charge in [0.15, 0.2) is 11.5 Å². The number of rotatable bonds is 9. The van der Waals surface area contributed by atoms with Crippen LogP contribution in [-0.4, -0.2) is 186 Å². The Bertz CT molecular complexity index is 1920. The number of carbonyl (C=O) groups is 7. The first-order valence-corrected chi connectivity index (χ1v) is 19.7. The monoisotopic (exact) mass is 876 g/mol. The Balaban J connectivity index is 1.80. The van der Waals surface area contributed by atoms with Crippen molar-refractivity contribution in [1.82, 2.24) is 31.1 Å². The number of fused-ring (bicyclic) bond motifs is 2. The van der Waals surface area contributed by atoms with Gasteiger partial charge >= 0.3 is 10.4 Å². The van der Waals surface area contributed by atoms with Crippen LogP contribution in [0.1, 0.15) is 37.7 Å². The third-order valence-corrected chi connectivity index (χ3v) is 10.4. The Morgan fingerprint density at radius 2 is 1.53 bits per heavy atom. The quantitative estimate of drug-likeness (QED) is 0.102. The molecule has 26 nitrogen and oxygen atoms in total. The summed E-state index contributed by atoms with van der Waals surface area (Å²) in [6.07, 6.45) is -12.1. The van der Waals surface area contributed by atoms with Gasteiger partial charge in [-0.15, -0.1) is 0 Å². The van der Waals surface area contributed by atoms with Crippen molar-refractivity contribution < 1.29 is 86.5 Å². The number of nitrogens with two attached hydrogens (primary N) is 2. The highest BCUT2D eigenvalue weighted by Crippen LogP contribution is 2.29. The van der Waals surface area contributed by atoms with Gasteiger partial charge in [-0.1, -0.05) is 6.07 Å². The number of benzene rings is 1.